The summed E-state index contributed by atoms with van der Waals surface area (Å²) >= 11 is 17.6. The van der Waals surface area contributed by atoms with Crippen molar-refractivity contribution in [3.8, 4) is 5.75 Å². The van der Waals surface area contributed by atoms with Gasteiger partial charge in [0, 0.05) is 17.1 Å². The van der Waals surface area contributed by atoms with Crippen LogP contribution in [-0.4, -0.2) is 28.0 Å². The van der Waals surface area contributed by atoms with E-state index in [2.05, 4.69) is 15.3 Å². The number of benzene rings is 2. The van der Waals surface area contributed by atoms with E-state index < -0.39 is 15.0 Å². The molecule has 3 N–H and O–H groups in total. The largest absolute Gasteiger partial charge is 0.507 e. The highest BCUT2D eigenvalue weighted by Crippen LogP contribution is 2.34. The second-order valence-corrected chi connectivity index (χ2v) is 7.42. The first-order valence-electron chi connectivity index (χ1n) is 6.55. The van der Waals surface area contributed by atoms with E-state index in [0.717, 1.165) is 6.07 Å². The van der Waals surface area contributed by atoms with Gasteiger partial charge in [0.05, 0.1) is 4.90 Å². The van der Waals surface area contributed by atoms with Crippen LogP contribution in [0.15, 0.2) is 35.2 Å². The summed E-state index contributed by atoms with van der Waals surface area (Å²) in [6, 6.07) is 6.87. The lowest BCUT2D eigenvalue weighted by Crippen LogP contribution is -1.99. The summed E-state index contributed by atoms with van der Waals surface area (Å²) in [4.78, 5) is 7.22. The maximum absolute atomic E-state index is 11.2. The second-order valence-electron chi connectivity index (χ2n) is 4.92. The Morgan fingerprint density at radius 3 is 2.44 bits per heavy atom. The van der Waals surface area contributed by atoms with Crippen LogP contribution >= 0.6 is 34.8 Å². The number of fused-ring (bicyclic) bond motifs is 1. The molecule has 0 saturated carbocycles. The minimum absolute atomic E-state index is 0.0226. The molecule has 0 saturated heterocycles. The third-order valence-corrected chi connectivity index (χ3v) is 4.98. The molecule has 0 aliphatic heterocycles. The van der Waals surface area contributed by atoms with Crippen LogP contribution in [0.4, 0.5) is 11.5 Å². The molecule has 0 fully saturated rings. The minimum Gasteiger partial charge on any atom is -0.507 e. The number of nitrogens with one attached hydrogen (secondary N) is 1. The summed E-state index contributed by atoms with van der Waals surface area (Å²) in [6.45, 7) is 0. The maximum atomic E-state index is 11.2. The zero-order valence-corrected chi connectivity index (χ0v) is 15.1. The van der Waals surface area contributed by atoms with Gasteiger partial charge in [-0.15, -0.1) is 0 Å². The van der Waals surface area contributed by atoms with Crippen molar-refractivity contribution < 1.29 is 18.1 Å². The topological polar surface area (TPSA) is 112 Å². The average molecular weight is 421 g/mol. The fourth-order valence-corrected chi connectivity index (χ4v) is 3.20. The van der Waals surface area contributed by atoms with E-state index >= 15 is 0 Å². The molecule has 0 atom stereocenters. The Labute approximate surface area is 156 Å². The molecular formula is C14H8Cl3N3O4S. The average Bonchev–Trinajstić information content (AvgIpc) is 2.51. The summed E-state index contributed by atoms with van der Waals surface area (Å²) in [5, 5.41) is 13.6. The number of aromatic hydroxyl groups is 1. The van der Waals surface area contributed by atoms with Gasteiger partial charge in [-0.1, -0.05) is 29.3 Å². The lowest BCUT2D eigenvalue weighted by atomic mass is 10.1. The van der Waals surface area contributed by atoms with Gasteiger partial charge in [-0.2, -0.15) is 13.4 Å². The van der Waals surface area contributed by atoms with Crippen LogP contribution in [0.25, 0.3) is 10.8 Å². The monoisotopic (exact) mass is 419 g/mol. The normalized spacial score (nSPS) is 11.7. The smallest absolute Gasteiger partial charge is 0.294 e. The van der Waals surface area contributed by atoms with Gasteiger partial charge in [-0.05, 0) is 35.2 Å². The number of hydrogen-bond donors (Lipinski definition) is 3. The molecule has 7 nitrogen and oxygen atoms in total. The summed E-state index contributed by atoms with van der Waals surface area (Å²) in [5.41, 5.74) is 0.482. The Hall–Kier alpha value is -1.84. The van der Waals surface area contributed by atoms with E-state index in [1.165, 1.54) is 6.07 Å². The lowest BCUT2D eigenvalue weighted by Gasteiger charge is -2.10. The van der Waals surface area contributed by atoms with Gasteiger partial charge in [-0.25, -0.2) is 4.98 Å². The molecule has 0 bridgehead atoms. The lowest BCUT2D eigenvalue weighted by molar-refractivity contribution is 0.471. The van der Waals surface area contributed by atoms with Crippen molar-refractivity contribution in [1.29, 1.82) is 0 Å². The highest BCUT2D eigenvalue weighted by Gasteiger charge is 2.15. The molecule has 130 valence electrons. The fraction of sp³-hybridized carbons (Fsp3) is 0. The van der Waals surface area contributed by atoms with E-state index in [-0.39, 0.29) is 27.0 Å². The van der Waals surface area contributed by atoms with E-state index in [1.807, 2.05) is 0 Å². The second kappa shape index (κ2) is 6.47. The Kier molecular flexibility index (Phi) is 4.65. The van der Waals surface area contributed by atoms with E-state index in [9.17, 15) is 13.5 Å². The van der Waals surface area contributed by atoms with Crippen molar-refractivity contribution in [2.24, 2.45) is 0 Å². The molecule has 0 unspecified atom stereocenters. The van der Waals surface area contributed by atoms with E-state index in [4.69, 9.17) is 39.4 Å². The summed E-state index contributed by atoms with van der Waals surface area (Å²) in [5.74, 6) is -0.154. The summed E-state index contributed by atoms with van der Waals surface area (Å²) in [6.07, 6.45) is 0. The van der Waals surface area contributed by atoms with Crippen LogP contribution in [0.3, 0.4) is 0 Å². The molecule has 3 rings (SSSR count). The van der Waals surface area contributed by atoms with Gasteiger partial charge >= 0.3 is 0 Å². The first-order valence-corrected chi connectivity index (χ1v) is 9.12. The van der Waals surface area contributed by atoms with Crippen molar-refractivity contribution >= 4 is 67.2 Å². The molecule has 1 aromatic heterocycles. The first-order chi connectivity index (χ1) is 11.6. The number of rotatable bonds is 3. The van der Waals surface area contributed by atoms with E-state index in [1.54, 1.807) is 18.2 Å². The molecule has 11 heteroatoms. The van der Waals surface area contributed by atoms with Crippen LogP contribution < -0.4 is 5.32 Å². The van der Waals surface area contributed by atoms with Crippen LogP contribution in [-0.2, 0) is 10.1 Å². The number of phenols is 1. The zero-order valence-electron chi connectivity index (χ0n) is 12.0. The van der Waals surface area contributed by atoms with Gasteiger partial charge in [0.1, 0.15) is 10.8 Å². The molecule has 25 heavy (non-hydrogen) atoms. The Balaban J connectivity index is 2.07. The molecule has 0 spiro atoms. The number of anilines is 2. The third kappa shape index (κ3) is 3.73. The van der Waals surface area contributed by atoms with Gasteiger partial charge in [0.2, 0.25) is 5.28 Å². The van der Waals surface area contributed by atoms with Crippen LogP contribution in [0.2, 0.25) is 15.5 Å². The molecule has 0 amide bonds. The standard InChI is InChI=1S/C14H8Cl3N3O4S/c15-11-12(16)19-14(17)20-13(11)18-7-2-1-6-3-8(25(22,23)24)5-10(21)9(6)4-7/h1-5,21H,(H,18,19,20)(H,22,23,24). The molecule has 0 aliphatic carbocycles. The van der Waals surface area contributed by atoms with Gasteiger partial charge in [0.15, 0.2) is 11.0 Å². The van der Waals surface area contributed by atoms with Crippen molar-refractivity contribution in [2.45, 2.75) is 4.90 Å². The minimum atomic E-state index is -4.43. The molecule has 2 aromatic carbocycles. The van der Waals surface area contributed by atoms with E-state index in [0.29, 0.717) is 16.5 Å². The number of hydrogen-bond acceptors (Lipinski definition) is 6. The number of halogens is 3. The van der Waals surface area contributed by atoms with Crippen LogP contribution in [0.1, 0.15) is 0 Å². The van der Waals surface area contributed by atoms with Crippen molar-refractivity contribution in [2.75, 3.05) is 5.32 Å². The van der Waals surface area contributed by atoms with Gasteiger partial charge in [-0.3, -0.25) is 4.55 Å². The number of phenolic OH excluding ortho intramolecular Hbond substituents is 1. The number of nitrogens with zero attached hydrogens (tertiary/aromatic N) is 2. The van der Waals surface area contributed by atoms with Crippen molar-refractivity contribution in [1.82, 2.24) is 9.97 Å². The van der Waals surface area contributed by atoms with Crippen molar-refractivity contribution in [3.63, 3.8) is 0 Å². The molecule has 0 aliphatic rings. The predicted molar refractivity (Wildman–Crippen MR) is 95.8 cm³/mol. The number of aromatic nitrogens is 2. The Morgan fingerprint density at radius 2 is 1.76 bits per heavy atom. The first kappa shape index (κ1) is 18.0. The zero-order chi connectivity index (χ0) is 18.4. The molecular weight excluding hydrogens is 413 g/mol. The van der Waals surface area contributed by atoms with Crippen LogP contribution in [0, 0.1) is 0 Å². The third-order valence-electron chi connectivity index (χ3n) is 3.25. The molecule has 1 heterocycles. The highest BCUT2D eigenvalue weighted by molar-refractivity contribution is 7.85. The van der Waals surface area contributed by atoms with Crippen molar-refractivity contribution in [3.05, 3.63) is 45.8 Å². The summed E-state index contributed by atoms with van der Waals surface area (Å²) < 4.78 is 31.5. The summed E-state index contributed by atoms with van der Waals surface area (Å²) in [7, 11) is -4.43. The SMILES string of the molecule is O=S(=O)(O)c1cc(O)c2cc(Nc3nc(Cl)nc(Cl)c3Cl)ccc2c1. The molecule has 3 aromatic rings. The maximum Gasteiger partial charge on any atom is 0.294 e. The Bertz CT molecular complexity index is 1110. The quantitative estimate of drug-likeness (QED) is 0.329. The van der Waals surface area contributed by atoms with Crippen LogP contribution in [0.5, 0.6) is 5.75 Å². The predicted octanol–water partition coefficient (Wildman–Crippen LogP) is 4.29. The van der Waals surface area contributed by atoms with Gasteiger partial charge < -0.3 is 10.4 Å². The fourth-order valence-electron chi connectivity index (χ4n) is 2.15. The van der Waals surface area contributed by atoms with Gasteiger partial charge in [0.25, 0.3) is 10.1 Å². The molecule has 0 radical (unpaired) electrons. The highest BCUT2D eigenvalue weighted by atomic mass is 35.5. The Morgan fingerprint density at radius 1 is 1.04 bits per heavy atom.